The second-order valence-corrected chi connectivity index (χ2v) is 9.40. The molecule has 9 heteroatoms. The third-order valence-corrected chi connectivity index (χ3v) is 6.87. The SMILES string of the molecule is O=C(O)CCc1ccc(OC2C[C@H]3CC[C@@H](C2)N3C(=O)NCc2ccc(Cl)cc2Cl)c(F)c1. The number of aliphatic carboxylic acids is 1. The van der Waals surface area contributed by atoms with Crippen LogP contribution in [0.5, 0.6) is 5.75 Å². The van der Waals surface area contributed by atoms with Gasteiger partial charge in [-0.1, -0.05) is 35.3 Å². The van der Waals surface area contributed by atoms with Crippen molar-refractivity contribution in [3.8, 4) is 5.75 Å². The number of piperidine rings is 1. The highest BCUT2D eigenvalue weighted by Crippen LogP contribution is 2.38. The van der Waals surface area contributed by atoms with Crippen LogP contribution in [-0.2, 0) is 17.8 Å². The molecule has 2 aromatic carbocycles. The number of rotatable bonds is 7. The van der Waals surface area contributed by atoms with E-state index in [9.17, 15) is 14.0 Å². The van der Waals surface area contributed by atoms with Crippen LogP contribution >= 0.6 is 23.2 Å². The molecule has 176 valence electrons. The summed E-state index contributed by atoms with van der Waals surface area (Å²) in [4.78, 5) is 25.5. The molecule has 2 aliphatic heterocycles. The van der Waals surface area contributed by atoms with E-state index in [2.05, 4.69) is 5.32 Å². The second-order valence-electron chi connectivity index (χ2n) is 8.56. The van der Waals surface area contributed by atoms with Crippen molar-refractivity contribution in [3.63, 3.8) is 0 Å². The van der Waals surface area contributed by atoms with E-state index in [1.807, 2.05) is 4.90 Å². The van der Waals surface area contributed by atoms with Crippen LogP contribution in [0, 0.1) is 5.82 Å². The molecule has 0 saturated carbocycles. The molecule has 2 heterocycles. The van der Waals surface area contributed by atoms with Crippen molar-refractivity contribution in [1.29, 1.82) is 0 Å². The number of carbonyl (C=O) groups is 2. The molecular formula is C24H25Cl2FN2O4. The van der Waals surface area contributed by atoms with Crippen molar-refractivity contribution in [2.24, 2.45) is 0 Å². The first kappa shape index (κ1) is 23.6. The van der Waals surface area contributed by atoms with Crippen LogP contribution in [0.4, 0.5) is 9.18 Å². The average Bonchev–Trinajstić information content (AvgIpc) is 3.03. The maximum Gasteiger partial charge on any atom is 0.318 e. The molecule has 2 aromatic rings. The molecule has 2 amide bonds. The van der Waals surface area contributed by atoms with E-state index in [-0.39, 0.29) is 42.8 Å². The minimum absolute atomic E-state index is 0.0346. The van der Waals surface area contributed by atoms with Gasteiger partial charge in [-0.2, -0.15) is 0 Å². The fourth-order valence-corrected chi connectivity index (χ4v) is 5.18. The quantitative estimate of drug-likeness (QED) is 0.537. The van der Waals surface area contributed by atoms with E-state index in [0.29, 0.717) is 35.0 Å². The molecule has 2 saturated heterocycles. The number of hydrogen-bond donors (Lipinski definition) is 2. The van der Waals surface area contributed by atoms with Crippen LogP contribution in [-0.4, -0.2) is 40.2 Å². The molecule has 3 atom stereocenters. The molecule has 0 spiro atoms. The van der Waals surface area contributed by atoms with Gasteiger partial charge >= 0.3 is 12.0 Å². The Bertz CT molecular complexity index is 1040. The van der Waals surface area contributed by atoms with Gasteiger partial charge in [0.25, 0.3) is 0 Å². The number of ether oxygens (including phenoxy) is 1. The zero-order valence-electron chi connectivity index (χ0n) is 17.9. The van der Waals surface area contributed by atoms with Crippen LogP contribution in [0.25, 0.3) is 0 Å². The van der Waals surface area contributed by atoms with Gasteiger partial charge in [0.05, 0.1) is 0 Å². The number of amides is 2. The first-order valence-corrected chi connectivity index (χ1v) is 11.7. The Kier molecular flexibility index (Phi) is 7.29. The molecule has 2 fully saturated rings. The van der Waals surface area contributed by atoms with Crippen molar-refractivity contribution >= 4 is 35.2 Å². The minimum atomic E-state index is -0.918. The molecule has 6 nitrogen and oxygen atoms in total. The summed E-state index contributed by atoms with van der Waals surface area (Å²) in [5.74, 6) is -1.25. The molecule has 2 aliphatic rings. The Morgan fingerprint density at radius 3 is 2.48 bits per heavy atom. The highest BCUT2D eigenvalue weighted by Gasteiger charge is 2.44. The molecule has 0 radical (unpaired) electrons. The van der Waals surface area contributed by atoms with Gasteiger partial charge in [-0.3, -0.25) is 4.79 Å². The summed E-state index contributed by atoms with van der Waals surface area (Å²) in [6, 6.07) is 9.69. The fraction of sp³-hybridized carbons (Fsp3) is 0.417. The van der Waals surface area contributed by atoms with Gasteiger partial charge in [0.2, 0.25) is 0 Å². The molecular weight excluding hydrogens is 470 g/mol. The number of urea groups is 1. The van der Waals surface area contributed by atoms with Gasteiger partial charge in [0.1, 0.15) is 6.10 Å². The number of nitrogens with zero attached hydrogens (tertiary/aromatic N) is 1. The summed E-state index contributed by atoms with van der Waals surface area (Å²) in [6.45, 7) is 0.310. The Morgan fingerprint density at radius 2 is 1.85 bits per heavy atom. The number of carbonyl (C=O) groups excluding carboxylic acids is 1. The van der Waals surface area contributed by atoms with E-state index in [1.165, 1.54) is 6.07 Å². The zero-order chi connectivity index (χ0) is 23.5. The third kappa shape index (κ3) is 5.71. The van der Waals surface area contributed by atoms with Gasteiger partial charge in [0, 0.05) is 47.9 Å². The normalized spacial score (nSPS) is 21.7. The van der Waals surface area contributed by atoms with Gasteiger partial charge in [-0.15, -0.1) is 0 Å². The Labute approximate surface area is 201 Å². The molecule has 0 aromatic heterocycles. The first-order chi connectivity index (χ1) is 15.8. The van der Waals surface area contributed by atoms with E-state index in [4.69, 9.17) is 33.0 Å². The minimum Gasteiger partial charge on any atom is -0.487 e. The lowest BCUT2D eigenvalue weighted by Gasteiger charge is -2.38. The first-order valence-electron chi connectivity index (χ1n) is 11.0. The monoisotopic (exact) mass is 494 g/mol. The average molecular weight is 495 g/mol. The lowest BCUT2D eigenvalue weighted by molar-refractivity contribution is -0.136. The van der Waals surface area contributed by atoms with Gasteiger partial charge in [0.15, 0.2) is 11.6 Å². The van der Waals surface area contributed by atoms with E-state index < -0.39 is 11.8 Å². The maximum atomic E-state index is 14.5. The van der Waals surface area contributed by atoms with Gasteiger partial charge in [-0.05, 0) is 54.7 Å². The number of aryl methyl sites for hydroxylation is 1. The topological polar surface area (TPSA) is 78.9 Å². The Balaban J connectivity index is 1.33. The fourth-order valence-electron chi connectivity index (χ4n) is 4.71. The molecule has 1 unspecified atom stereocenters. The summed E-state index contributed by atoms with van der Waals surface area (Å²) in [6.07, 6.45) is 3.07. The summed E-state index contributed by atoms with van der Waals surface area (Å²) in [7, 11) is 0. The lowest BCUT2D eigenvalue weighted by Crippen LogP contribution is -2.52. The van der Waals surface area contributed by atoms with Crippen LogP contribution in [0.2, 0.25) is 10.0 Å². The van der Waals surface area contributed by atoms with E-state index in [0.717, 1.165) is 18.4 Å². The number of fused-ring (bicyclic) bond motifs is 2. The highest BCUT2D eigenvalue weighted by molar-refractivity contribution is 6.35. The zero-order valence-corrected chi connectivity index (χ0v) is 19.4. The molecule has 2 bridgehead atoms. The predicted molar refractivity (Wildman–Crippen MR) is 123 cm³/mol. The van der Waals surface area contributed by atoms with Crippen molar-refractivity contribution in [1.82, 2.24) is 10.2 Å². The van der Waals surface area contributed by atoms with Crippen LogP contribution < -0.4 is 10.1 Å². The van der Waals surface area contributed by atoms with Gasteiger partial charge in [-0.25, -0.2) is 9.18 Å². The smallest absolute Gasteiger partial charge is 0.318 e. The second kappa shape index (κ2) is 10.2. The molecule has 4 rings (SSSR count). The van der Waals surface area contributed by atoms with Crippen molar-refractivity contribution in [2.45, 2.75) is 63.3 Å². The van der Waals surface area contributed by atoms with E-state index in [1.54, 1.807) is 30.3 Å². The summed E-state index contributed by atoms with van der Waals surface area (Å²) < 4.78 is 20.4. The molecule has 0 aliphatic carbocycles. The Morgan fingerprint density at radius 1 is 1.12 bits per heavy atom. The third-order valence-electron chi connectivity index (χ3n) is 6.29. The number of carboxylic acids is 1. The van der Waals surface area contributed by atoms with E-state index >= 15 is 0 Å². The molecule has 33 heavy (non-hydrogen) atoms. The Hall–Kier alpha value is -2.51. The summed E-state index contributed by atoms with van der Waals surface area (Å²) in [5.41, 5.74) is 1.41. The number of nitrogens with one attached hydrogen (secondary N) is 1. The lowest BCUT2D eigenvalue weighted by atomic mass is 10.00. The van der Waals surface area contributed by atoms with Crippen molar-refractivity contribution in [3.05, 3.63) is 63.4 Å². The number of benzene rings is 2. The molecule has 2 N–H and O–H groups in total. The summed E-state index contributed by atoms with van der Waals surface area (Å²) >= 11 is 12.1. The van der Waals surface area contributed by atoms with Crippen LogP contribution in [0.1, 0.15) is 43.2 Å². The summed E-state index contributed by atoms with van der Waals surface area (Å²) in [5, 5.41) is 12.8. The van der Waals surface area contributed by atoms with Crippen LogP contribution in [0.3, 0.4) is 0 Å². The highest BCUT2D eigenvalue weighted by atomic mass is 35.5. The predicted octanol–water partition coefficient (Wildman–Crippen LogP) is 5.43. The van der Waals surface area contributed by atoms with Crippen LogP contribution in [0.15, 0.2) is 36.4 Å². The number of hydrogen-bond acceptors (Lipinski definition) is 3. The largest absolute Gasteiger partial charge is 0.487 e. The maximum absolute atomic E-state index is 14.5. The van der Waals surface area contributed by atoms with Crippen molar-refractivity contribution in [2.75, 3.05) is 0 Å². The number of halogens is 3. The van der Waals surface area contributed by atoms with Gasteiger partial charge < -0.3 is 20.1 Å². The standard InChI is InChI=1S/C24H25Cl2FN2O4/c25-16-4-3-15(20(26)10-16)13-28-24(32)29-17-5-6-18(29)12-19(11-17)33-22-7-1-14(9-21(22)27)2-8-23(30)31/h1,3-4,7,9-10,17-19H,2,5-6,8,11-13H2,(H,28,32)(H,30,31)/t17-,18+,19?. The number of carboxylic acid groups (broad SMARTS) is 1. The van der Waals surface area contributed by atoms with Crippen molar-refractivity contribution < 1.29 is 23.8 Å².